The highest BCUT2D eigenvalue weighted by Crippen LogP contribution is 2.05. The van der Waals surface area contributed by atoms with Crippen LogP contribution in [0.15, 0.2) is 30.6 Å². The molecule has 0 radical (unpaired) electrons. The SMILES string of the molecule is CC(=O)SCCC=Cc1ccc[n+]([O-])c1. The molecule has 0 saturated heterocycles. The summed E-state index contributed by atoms with van der Waals surface area (Å²) in [5, 5.41) is 11.0. The van der Waals surface area contributed by atoms with E-state index in [-0.39, 0.29) is 5.12 Å². The molecule has 3 nitrogen and oxygen atoms in total. The van der Waals surface area contributed by atoms with E-state index < -0.39 is 0 Å². The van der Waals surface area contributed by atoms with Crippen molar-refractivity contribution in [2.45, 2.75) is 13.3 Å². The first-order valence-corrected chi connectivity index (χ1v) is 5.66. The Morgan fingerprint density at radius 3 is 3.13 bits per heavy atom. The largest absolute Gasteiger partial charge is 0.619 e. The summed E-state index contributed by atoms with van der Waals surface area (Å²) in [5.74, 6) is 0.788. The van der Waals surface area contributed by atoms with E-state index in [2.05, 4.69) is 0 Å². The van der Waals surface area contributed by atoms with Crippen LogP contribution < -0.4 is 4.73 Å². The van der Waals surface area contributed by atoms with Gasteiger partial charge in [-0.15, -0.1) is 0 Å². The number of hydrogen-bond donors (Lipinski definition) is 0. The van der Waals surface area contributed by atoms with Crippen LogP contribution in [-0.2, 0) is 4.79 Å². The van der Waals surface area contributed by atoms with E-state index in [4.69, 9.17) is 0 Å². The van der Waals surface area contributed by atoms with Gasteiger partial charge in [-0.25, -0.2) is 0 Å². The highest BCUT2D eigenvalue weighted by Gasteiger charge is 1.93. The molecule has 1 aromatic heterocycles. The third-order valence-corrected chi connectivity index (χ3v) is 2.54. The summed E-state index contributed by atoms with van der Waals surface area (Å²) < 4.78 is 0.768. The van der Waals surface area contributed by atoms with Gasteiger partial charge in [0.2, 0.25) is 0 Å². The van der Waals surface area contributed by atoms with Crippen molar-refractivity contribution in [1.29, 1.82) is 0 Å². The normalized spacial score (nSPS) is 10.7. The van der Waals surface area contributed by atoms with Crippen LogP contribution in [-0.4, -0.2) is 10.9 Å². The molecular weight excluding hydrogens is 210 g/mol. The molecule has 1 rings (SSSR count). The molecule has 15 heavy (non-hydrogen) atoms. The Balaban J connectivity index is 2.35. The van der Waals surface area contributed by atoms with E-state index in [1.807, 2.05) is 18.2 Å². The number of thioether (sulfide) groups is 1. The summed E-state index contributed by atoms with van der Waals surface area (Å²) in [6.45, 7) is 1.56. The van der Waals surface area contributed by atoms with Gasteiger partial charge in [-0.2, -0.15) is 4.73 Å². The van der Waals surface area contributed by atoms with Gasteiger partial charge in [0, 0.05) is 24.3 Å². The number of hydrogen-bond acceptors (Lipinski definition) is 3. The van der Waals surface area contributed by atoms with Gasteiger partial charge in [0.15, 0.2) is 17.5 Å². The minimum atomic E-state index is 0.139. The molecule has 1 aromatic rings. The maximum absolute atomic E-state index is 10.9. The van der Waals surface area contributed by atoms with Gasteiger partial charge >= 0.3 is 0 Å². The van der Waals surface area contributed by atoms with Crippen LogP contribution in [0.5, 0.6) is 0 Å². The molecule has 0 N–H and O–H groups in total. The Hall–Kier alpha value is -1.29. The Morgan fingerprint density at radius 2 is 2.47 bits per heavy atom. The molecule has 0 amide bonds. The zero-order valence-corrected chi connectivity index (χ0v) is 9.37. The van der Waals surface area contributed by atoms with Crippen molar-refractivity contribution in [3.8, 4) is 0 Å². The molecule has 80 valence electrons. The van der Waals surface area contributed by atoms with Crippen molar-refractivity contribution in [3.63, 3.8) is 0 Å². The number of nitrogens with zero attached hydrogens (tertiary/aromatic N) is 1. The van der Waals surface area contributed by atoms with Crippen LogP contribution in [0, 0.1) is 5.21 Å². The van der Waals surface area contributed by atoms with Crippen LogP contribution in [0.3, 0.4) is 0 Å². The van der Waals surface area contributed by atoms with Crippen molar-refractivity contribution in [3.05, 3.63) is 41.4 Å². The fourth-order valence-corrected chi connectivity index (χ4v) is 1.60. The standard InChI is InChI=1S/C11H13NO2S/c1-10(13)15-8-3-2-5-11-6-4-7-12(14)9-11/h2,4-7,9H,3,8H2,1H3. The topological polar surface area (TPSA) is 44.0 Å². The first-order valence-electron chi connectivity index (χ1n) is 4.67. The zero-order chi connectivity index (χ0) is 11.1. The van der Waals surface area contributed by atoms with Crippen molar-refractivity contribution < 1.29 is 9.52 Å². The number of rotatable bonds is 4. The molecule has 0 saturated carbocycles. The average Bonchev–Trinajstić information content (AvgIpc) is 2.17. The van der Waals surface area contributed by atoms with E-state index >= 15 is 0 Å². The summed E-state index contributed by atoms with van der Waals surface area (Å²) in [6, 6.07) is 3.57. The first kappa shape index (κ1) is 11.8. The van der Waals surface area contributed by atoms with Crippen LogP contribution >= 0.6 is 11.8 Å². The maximum atomic E-state index is 10.9. The van der Waals surface area contributed by atoms with Gasteiger partial charge in [0.25, 0.3) is 0 Å². The maximum Gasteiger partial charge on any atom is 0.187 e. The van der Waals surface area contributed by atoms with Gasteiger partial charge in [-0.1, -0.05) is 23.9 Å². The molecule has 0 fully saturated rings. The lowest BCUT2D eigenvalue weighted by Gasteiger charge is -1.95. The van der Waals surface area contributed by atoms with E-state index in [0.717, 1.165) is 22.5 Å². The number of pyridine rings is 1. The summed E-state index contributed by atoms with van der Waals surface area (Å²) in [7, 11) is 0. The van der Waals surface area contributed by atoms with Gasteiger partial charge in [-0.05, 0) is 12.5 Å². The van der Waals surface area contributed by atoms with E-state index in [0.29, 0.717) is 0 Å². The van der Waals surface area contributed by atoms with E-state index in [9.17, 15) is 10.0 Å². The highest BCUT2D eigenvalue weighted by atomic mass is 32.2. The average molecular weight is 223 g/mol. The molecule has 0 aliphatic carbocycles. The summed E-state index contributed by atoms with van der Waals surface area (Å²) in [5.41, 5.74) is 0.875. The van der Waals surface area contributed by atoms with Crippen molar-refractivity contribution >= 4 is 23.0 Å². The summed E-state index contributed by atoms with van der Waals surface area (Å²) in [6.07, 6.45) is 7.63. The number of allylic oxidation sites excluding steroid dienone is 1. The second-order valence-electron chi connectivity index (χ2n) is 3.03. The predicted octanol–water partition coefficient (Wildman–Crippen LogP) is 2.00. The Bertz CT molecular complexity index is 363. The van der Waals surface area contributed by atoms with Gasteiger partial charge in [-0.3, -0.25) is 4.79 Å². The number of carbonyl (C=O) groups is 1. The second kappa shape index (κ2) is 6.24. The molecule has 4 heteroatoms. The van der Waals surface area contributed by atoms with Crippen LogP contribution in [0.25, 0.3) is 6.08 Å². The Labute approximate surface area is 93.4 Å². The van der Waals surface area contributed by atoms with Gasteiger partial charge < -0.3 is 5.21 Å². The molecule has 0 atom stereocenters. The van der Waals surface area contributed by atoms with Crippen LogP contribution in [0.1, 0.15) is 18.9 Å². The minimum absolute atomic E-state index is 0.139. The minimum Gasteiger partial charge on any atom is -0.619 e. The fourth-order valence-electron chi connectivity index (χ4n) is 1.06. The summed E-state index contributed by atoms with van der Waals surface area (Å²) in [4.78, 5) is 10.6. The van der Waals surface area contributed by atoms with Gasteiger partial charge in [0.1, 0.15) is 0 Å². The molecule has 0 unspecified atom stereocenters. The third-order valence-electron chi connectivity index (χ3n) is 1.70. The van der Waals surface area contributed by atoms with Crippen molar-refractivity contribution in [2.24, 2.45) is 0 Å². The quantitative estimate of drug-likeness (QED) is 0.445. The number of aromatic nitrogens is 1. The molecule has 0 aliphatic rings. The smallest absolute Gasteiger partial charge is 0.187 e. The Morgan fingerprint density at radius 1 is 1.67 bits per heavy atom. The third kappa shape index (κ3) is 5.22. The Kier molecular flexibility index (Phi) is 4.90. The first-order chi connectivity index (χ1) is 7.18. The van der Waals surface area contributed by atoms with Crippen LogP contribution in [0.2, 0.25) is 0 Å². The number of carbonyl (C=O) groups excluding carboxylic acids is 1. The molecule has 0 bridgehead atoms. The predicted molar refractivity (Wildman–Crippen MR) is 62.2 cm³/mol. The lowest BCUT2D eigenvalue weighted by atomic mass is 10.2. The second-order valence-corrected chi connectivity index (χ2v) is 4.30. The molecule has 1 heterocycles. The molecule has 0 spiro atoms. The highest BCUT2D eigenvalue weighted by molar-refractivity contribution is 8.13. The lowest BCUT2D eigenvalue weighted by molar-refractivity contribution is -0.605. The molecule has 0 aliphatic heterocycles. The molecule has 0 aromatic carbocycles. The lowest BCUT2D eigenvalue weighted by Crippen LogP contribution is -2.24. The van der Waals surface area contributed by atoms with Crippen LogP contribution in [0.4, 0.5) is 0 Å². The summed E-state index contributed by atoms with van der Waals surface area (Å²) >= 11 is 1.31. The van der Waals surface area contributed by atoms with Gasteiger partial charge in [0.05, 0.1) is 0 Å². The zero-order valence-electron chi connectivity index (χ0n) is 8.55. The van der Waals surface area contributed by atoms with E-state index in [1.54, 1.807) is 13.0 Å². The van der Waals surface area contributed by atoms with Crippen molar-refractivity contribution in [1.82, 2.24) is 0 Å². The molecular formula is C11H13NO2S. The monoisotopic (exact) mass is 223 g/mol. The fraction of sp³-hybridized carbons (Fsp3) is 0.273. The van der Waals surface area contributed by atoms with Crippen molar-refractivity contribution in [2.75, 3.05) is 5.75 Å². The van der Waals surface area contributed by atoms with E-state index in [1.165, 1.54) is 24.2 Å².